The molecule has 1 aromatic rings. The van der Waals surface area contributed by atoms with Crippen molar-refractivity contribution in [2.45, 2.75) is 11.9 Å². The molecule has 0 saturated carbocycles. The molecule has 1 rings (SSSR count). The standard InChI is InChI=1S/C8H7ClF3NO2S/c9-7-3-6(8(10,11)12)2-1-5(7)4-16(13,14)15/h1-3H,4H2,(H2,13,14,15). The number of benzene rings is 1. The molecule has 16 heavy (non-hydrogen) atoms. The number of halogens is 4. The van der Waals surface area contributed by atoms with Crippen LogP contribution in [0.15, 0.2) is 18.2 Å². The van der Waals surface area contributed by atoms with Gasteiger partial charge in [-0.2, -0.15) is 13.2 Å². The van der Waals surface area contributed by atoms with Gasteiger partial charge in [-0.15, -0.1) is 0 Å². The van der Waals surface area contributed by atoms with Gasteiger partial charge in [0.2, 0.25) is 10.0 Å². The lowest BCUT2D eigenvalue weighted by molar-refractivity contribution is -0.137. The van der Waals surface area contributed by atoms with Crippen molar-refractivity contribution in [3.05, 3.63) is 34.3 Å². The minimum absolute atomic E-state index is 0.0390. The molecule has 0 atom stereocenters. The van der Waals surface area contributed by atoms with E-state index in [1.165, 1.54) is 0 Å². The highest BCUT2D eigenvalue weighted by Crippen LogP contribution is 2.32. The van der Waals surface area contributed by atoms with Crippen LogP contribution in [-0.4, -0.2) is 8.42 Å². The number of sulfonamides is 1. The normalized spacial score (nSPS) is 12.8. The predicted molar refractivity (Wildman–Crippen MR) is 53.3 cm³/mol. The molecule has 0 fully saturated rings. The third kappa shape index (κ3) is 3.66. The van der Waals surface area contributed by atoms with Crippen molar-refractivity contribution >= 4 is 21.6 Å². The van der Waals surface area contributed by atoms with Crippen LogP contribution < -0.4 is 5.14 Å². The Morgan fingerprint density at radius 2 is 1.88 bits per heavy atom. The maximum atomic E-state index is 12.2. The van der Waals surface area contributed by atoms with E-state index >= 15 is 0 Å². The molecular weight excluding hydrogens is 267 g/mol. The average molecular weight is 274 g/mol. The van der Waals surface area contributed by atoms with Crippen LogP contribution in [0.25, 0.3) is 0 Å². The van der Waals surface area contributed by atoms with E-state index in [9.17, 15) is 21.6 Å². The molecule has 8 heteroatoms. The summed E-state index contributed by atoms with van der Waals surface area (Å²) in [5.74, 6) is -0.593. The van der Waals surface area contributed by atoms with Gasteiger partial charge in [-0.25, -0.2) is 13.6 Å². The van der Waals surface area contributed by atoms with Crippen LogP contribution in [0.3, 0.4) is 0 Å². The Kier molecular flexibility index (Phi) is 3.51. The second-order valence-electron chi connectivity index (χ2n) is 3.11. The zero-order valence-electron chi connectivity index (χ0n) is 7.75. The van der Waals surface area contributed by atoms with E-state index in [4.69, 9.17) is 16.7 Å². The van der Waals surface area contributed by atoms with Gasteiger partial charge >= 0.3 is 6.18 Å². The van der Waals surface area contributed by atoms with Crippen molar-refractivity contribution in [3.63, 3.8) is 0 Å². The molecule has 0 aliphatic rings. The minimum atomic E-state index is -4.51. The molecule has 0 aliphatic heterocycles. The average Bonchev–Trinajstić information content (AvgIpc) is 2.04. The fourth-order valence-corrected chi connectivity index (χ4v) is 2.07. The number of nitrogens with two attached hydrogens (primary N) is 1. The van der Waals surface area contributed by atoms with E-state index in [0.717, 1.165) is 12.1 Å². The second-order valence-corrected chi connectivity index (χ2v) is 5.13. The van der Waals surface area contributed by atoms with E-state index in [-0.39, 0.29) is 10.6 Å². The molecule has 2 N–H and O–H groups in total. The van der Waals surface area contributed by atoms with E-state index in [2.05, 4.69) is 0 Å². The summed E-state index contributed by atoms with van der Waals surface area (Å²) in [5, 5.41) is 4.48. The number of primary sulfonamides is 1. The van der Waals surface area contributed by atoms with Crippen LogP contribution in [0.2, 0.25) is 5.02 Å². The molecule has 0 bridgehead atoms. The van der Waals surface area contributed by atoms with E-state index in [1.54, 1.807) is 0 Å². The summed E-state index contributed by atoms with van der Waals surface area (Å²) in [4.78, 5) is 0. The molecular formula is C8H7ClF3NO2S. The molecule has 3 nitrogen and oxygen atoms in total. The van der Waals surface area contributed by atoms with Crippen molar-refractivity contribution < 1.29 is 21.6 Å². The third-order valence-corrected chi connectivity index (χ3v) is 2.80. The lowest BCUT2D eigenvalue weighted by Gasteiger charge is -2.09. The van der Waals surface area contributed by atoms with Crippen LogP contribution in [0.5, 0.6) is 0 Å². The highest BCUT2D eigenvalue weighted by atomic mass is 35.5. The fraction of sp³-hybridized carbons (Fsp3) is 0.250. The molecule has 0 amide bonds. The summed E-state index contributed by atoms with van der Waals surface area (Å²) >= 11 is 5.52. The highest BCUT2D eigenvalue weighted by molar-refractivity contribution is 7.88. The van der Waals surface area contributed by atoms with E-state index in [0.29, 0.717) is 6.07 Å². The van der Waals surface area contributed by atoms with Crippen LogP contribution in [0.4, 0.5) is 13.2 Å². The Bertz CT molecular complexity index is 498. The lowest BCUT2D eigenvalue weighted by atomic mass is 10.1. The number of alkyl halides is 3. The van der Waals surface area contributed by atoms with Gasteiger partial charge in [0.15, 0.2) is 0 Å². The van der Waals surface area contributed by atoms with Crippen molar-refractivity contribution in [2.75, 3.05) is 0 Å². The second kappa shape index (κ2) is 4.23. The lowest BCUT2D eigenvalue weighted by Crippen LogP contribution is -2.15. The fourth-order valence-electron chi connectivity index (χ4n) is 1.06. The Labute approximate surface area is 95.1 Å². The monoisotopic (exact) mass is 273 g/mol. The molecule has 1 aromatic carbocycles. The van der Waals surface area contributed by atoms with Gasteiger partial charge in [0.25, 0.3) is 0 Å². The zero-order chi connectivity index (χ0) is 12.6. The highest BCUT2D eigenvalue weighted by Gasteiger charge is 2.31. The van der Waals surface area contributed by atoms with Gasteiger partial charge in [0.1, 0.15) is 0 Å². The summed E-state index contributed by atoms with van der Waals surface area (Å²) in [6, 6.07) is 2.42. The molecule has 0 spiro atoms. The predicted octanol–water partition coefficient (Wildman–Crippen LogP) is 2.15. The molecule has 0 radical (unpaired) electrons. The summed E-state index contributed by atoms with van der Waals surface area (Å²) in [6.45, 7) is 0. The minimum Gasteiger partial charge on any atom is -0.228 e. The van der Waals surface area contributed by atoms with Crippen molar-refractivity contribution in [2.24, 2.45) is 5.14 Å². The summed E-state index contributed by atoms with van der Waals surface area (Å²) in [6.07, 6.45) is -4.51. The third-order valence-electron chi connectivity index (χ3n) is 1.74. The maximum Gasteiger partial charge on any atom is 0.416 e. The van der Waals surface area contributed by atoms with Crippen LogP contribution >= 0.6 is 11.6 Å². The Hall–Kier alpha value is -0.790. The summed E-state index contributed by atoms with van der Waals surface area (Å²) < 4.78 is 58.2. The molecule has 0 saturated heterocycles. The first-order chi connectivity index (χ1) is 7.09. The Balaban J connectivity index is 3.11. The van der Waals surface area contributed by atoms with E-state index < -0.39 is 27.5 Å². The number of hydrogen-bond acceptors (Lipinski definition) is 2. The van der Waals surface area contributed by atoms with Gasteiger partial charge < -0.3 is 0 Å². The molecule has 0 aliphatic carbocycles. The van der Waals surface area contributed by atoms with Gasteiger partial charge in [0, 0.05) is 5.02 Å². The zero-order valence-corrected chi connectivity index (χ0v) is 9.33. The van der Waals surface area contributed by atoms with Crippen molar-refractivity contribution in [1.29, 1.82) is 0 Å². The molecule has 90 valence electrons. The van der Waals surface area contributed by atoms with Crippen LogP contribution in [-0.2, 0) is 22.0 Å². The molecule has 0 unspecified atom stereocenters. The largest absolute Gasteiger partial charge is 0.416 e. The topological polar surface area (TPSA) is 60.2 Å². The Morgan fingerprint density at radius 1 is 1.31 bits per heavy atom. The molecule has 0 heterocycles. The van der Waals surface area contributed by atoms with Gasteiger partial charge in [-0.3, -0.25) is 0 Å². The first-order valence-electron chi connectivity index (χ1n) is 3.96. The molecule has 0 aromatic heterocycles. The first-order valence-corrected chi connectivity index (χ1v) is 6.05. The number of rotatable bonds is 2. The smallest absolute Gasteiger partial charge is 0.228 e. The van der Waals surface area contributed by atoms with Crippen LogP contribution in [0, 0.1) is 0 Å². The van der Waals surface area contributed by atoms with Crippen molar-refractivity contribution in [3.8, 4) is 0 Å². The summed E-state index contributed by atoms with van der Waals surface area (Å²) in [5.41, 5.74) is -0.896. The summed E-state index contributed by atoms with van der Waals surface area (Å²) in [7, 11) is -3.81. The first kappa shape index (κ1) is 13.3. The van der Waals surface area contributed by atoms with E-state index in [1.807, 2.05) is 0 Å². The van der Waals surface area contributed by atoms with Crippen LogP contribution in [0.1, 0.15) is 11.1 Å². The quantitative estimate of drug-likeness (QED) is 0.897. The SMILES string of the molecule is NS(=O)(=O)Cc1ccc(C(F)(F)F)cc1Cl. The van der Waals surface area contributed by atoms with Gasteiger partial charge in [-0.1, -0.05) is 17.7 Å². The van der Waals surface area contributed by atoms with Crippen molar-refractivity contribution in [1.82, 2.24) is 0 Å². The maximum absolute atomic E-state index is 12.2. The van der Waals surface area contributed by atoms with Gasteiger partial charge in [0.05, 0.1) is 11.3 Å². The number of hydrogen-bond donors (Lipinski definition) is 1. The Morgan fingerprint density at radius 3 is 2.25 bits per heavy atom. The van der Waals surface area contributed by atoms with Gasteiger partial charge in [-0.05, 0) is 17.7 Å².